The third kappa shape index (κ3) is 3.51. The number of likely N-dealkylation sites (tertiary alicyclic amines) is 1. The number of nitrogens with zero attached hydrogens (tertiary/aromatic N) is 3. The van der Waals surface area contributed by atoms with Gasteiger partial charge in [0.05, 0.1) is 11.6 Å². The van der Waals surface area contributed by atoms with Gasteiger partial charge >= 0.3 is 0 Å². The predicted octanol–water partition coefficient (Wildman–Crippen LogP) is 3.21. The zero-order chi connectivity index (χ0) is 17.2. The molecule has 1 aromatic carbocycles. The minimum atomic E-state index is 0.160. The SMILES string of the molecule is Nc1nc(CCC(=O)N2CCCC(c3nc4ccccc4o3)C2)cs1. The van der Waals surface area contributed by atoms with E-state index in [9.17, 15) is 4.79 Å². The fraction of sp³-hybridized carbons (Fsp3) is 0.389. The lowest BCUT2D eigenvalue weighted by molar-refractivity contribution is -0.132. The van der Waals surface area contributed by atoms with E-state index in [1.54, 1.807) is 0 Å². The number of nitrogen functional groups attached to an aromatic ring is 1. The number of carbonyl (C=O) groups is 1. The van der Waals surface area contributed by atoms with Gasteiger partial charge in [-0.3, -0.25) is 4.79 Å². The Labute approximate surface area is 149 Å². The van der Waals surface area contributed by atoms with Crippen molar-refractivity contribution in [2.24, 2.45) is 0 Å². The van der Waals surface area contributed by atoms with Gasteiger partial charge in [0.2, 0.25) is 5.91 Å². The summed E-state index contributed by atoms with van der Waals surface area (Å²) in [5.74, 6) is 1.07. The summed E-state index contributed by atoms with van der Waals surface area (Å²) in [6, 6.07) is 7.78. The molecule has 1 unspecified atom stereocenters. The van der Waals surface area contributed by atoms with E-state index < -0.39 is 0 Å². The van der Waals surface area contributed by atoms with E-state index in [0.717, 1.165) is 42.1 Å². The summed E-state index contributed by atoms with van der Waals surface area (Å²) >= 11 is 1.41. The van der Waals surface area contributed by atoms with Crippen LogP contribution in [0.3, 0.4) is 0 Å². The molecule has 6 nitrogen and oxygen atoms in total. The maximum absolute atomic E-state index is 12.5. The topological polar surface area (TPSA) is 85.2 Å². The highest BCUT2D eigenvalue weighted by molar-refractivity contribution is 7.13. The van der Waals surface area contributed by atoms with Crippen LogP contribution in [0.25, 0.3) is 11.1 Å². The van der Waals surface area contributed by atoms with Gasteiger partial charge in [-0.1, -0.05) is 12.1 Å². The molecule has 0 aliphatic carbocycles. The summed E-state index contributed by atoms with van der Waals surface area (Å²) in [5, 5.41) is 2.47. The molecule has 2 N–H and O–H groups in total. The summed E-state index contributed by atoms with van der Waals surface area (Å²) in [6.45, 7) is 1.47. The van der Waals surface area contributed by atoms with Gasteiger partial charge in [0, 0.05) is 24.9 Å². The minimum absolute atomic E-state index is 0.160. The van der Waals surface area contributed by atoms with Crippen LogP contribution < -0.4 is 5.73 Å². The van der Waals surface area contributed by atoms with Gasteiger partial charge in [-0.25, -0.2) is 9.97 Å². The second kappa shape index (κ2) is 6.84. The number of carbonyl (C=O) groups excluding carboxylic acids is 1. The van der Waals surface area contributed by atoms with Gasteiger partial charge in [0.15, 0.2) is 16.6 Å². The van der Waals surface area contributed by atoms with E-state index in [1.807, 2.05) is 34.5 Å². The van der Waals surface area contributed by atoms with Crippen molar-refractivity contribution in [3.05, 3.63) is 41.2 Å². The molecule has 25 heavy (non-hydrogen) atoms. The van der Waals surface area contributed by atoms with E-state index in [0.29, 0.717) is 24.5 Å². The molecule has 0 radical (unpaired) electrons. The average molecular weight is 356 g/mol. The maximum atomic E-state index is 12.5. The van der Waals surface area contributed by atoms with Crippen molar-refractivity contribution in [1.82, 2.24) is 14.9 Å². The Hall–Kier alpha value is -2.41. The van der Waals surface area contributed by atoms with Crippen molar-refractivity contribution in [3.8, 4) is 0 Å². The number of aryl methyl sites for hydroxylation is 1. The highest BCUT2D eigenvalue weighted by Crippen LogP contribution is 2.29. The molecule has 4 rings (SSSR count). The largest absolute Gasteiger partial charge is 0.440 e. The van der Waals surface area contributed by atoms with Crippen LogP contribution in [-0.4, -0.2) is 33.9 Å². The lowest BCUT2D eigenvalue weighted by Crippen LogP contribution is -2.39. The monoisotopic (exact) mass is 356 g/mol. The molecule has 3 heterocycles. The van der Waals surface area contributed by atoms with Crippen molar-refractivity contribution in [3.63, 3.8) is 0 Å². The summed E-state index contributed by atoms with van der Waals surface area (Å²) in [4.78, 5) is 23.3. The van der Waals surface area contributed by atoms with Crippen molar-refractivity contribution in [1.29, 1.82) is 0 Å². The quantitative estimate of drug-likeness (QED) is 0.776. The Morgan fingerprint density at radius 2 is 2.24 bits per heavy atom. The van der Waals surface area contributed by atoms with E-state index in [-0.39, 0.29) is 11.8 Å². The molecule has 1 atom stereocenters. The number of aromatic nitrogens is 2. The average Bonchev–Trinajstić information content (AvgIpc) is 3.25. The number of benzene rings is 1. The first-order valence-corrected chi connectivity index (χ1v) is 9.40. The van der Waals surface area contributed by atoms with E-state index in [2.05, 4.69) is 9.97 Å². The van der Waals surface area contributed by atoms with Gasteiger partial charge in [0.25, 0.3) is 0 Å². The lowest BCUT2D eigenvalue weighted by atomic mass is 9.97. The van der Waals surface area contributed by atoms with Crippen molar-refractivity contribution in [2.75, 3.05) is 18.8 Å². The Balaban J connectivity index is 1.40. The number of nitrogens with two attached hydrogens (primary N) is 1. The second-order valence-electron chi connectivity index (χ2n) is 6.38. The van der Waals surface area contributed by atoms with Gasteiger partial charge in [-0.15, -0.1) is 11.3 Å². The first-order valence-electron chi connectivity index (χ1n) is 8.52. The number of para-hydroxylation sites is 2. The van der Waals surface area contributed by atoms with Crippen LogP contribution in [0.5, 0.6) is 0 Å². The zero-order valence-corrected chi connectivity index (χ0v) is 14.7. The Bertz CT molecular complexity index is 855. The molecule has 7 heteroatoms. The number of anilines is 1. The number of thiazole rings is 1. The molecular weight excluding hydrogens is 336 g/mol. The van der Waals surface area contributed by atoms with Crippen LogP contribution in [0.4, 0.5) is 5.13 Å². The Morgan fingerprint density at radius 3 is 3.04 bits per heavy atom. The highest BCUT2D eigenvalue weighted by atomic mass is 32.1. The summed E-state index contributed by atoms with van der Waals surface area (Å²) in [7, 11) is 0. The standard InChI is InChI=1S/C18H20N4O2S/c19-18-20-13(11-25-18)7-8-16(23)22-9-3-4-12(10-22)17-21-14-5-1-2-6-15(14)24-17/h1-2,5-6,11-12H,3-4,7-10H2,(H2,19,20). The number of amides is 1. The van der Waals surface area contributed by atoms with Crippen LogP contribution >= 0.6 is 11.3 Å². The van der Waals surface area contributed by atoms with Crippen LogP contribution in [0.1, 0.15) is 36.8 Å². The lowest BCUT2D eigenvalue weighted by Gasteiger charge is -2.31. The van der Waals surface area contributed by atoms with Crippen LogP contribution in [0, 0.1) is 0 Å². The summed E-state index contributed by atoms with van der Waals surface area (Å²) < 4.78 is 5.90. The molecule has 0 bridgehead atoms. The van der Waals surface area contributed by atoms with Crippen molar-refractivity contribution < 1.29 is 9.21 Å². The first kappa shape index (κ1) is 16.1. The maximum Gasteiger partial charge on any atom is 0.222 e. The summed E-state index contributed by atoms with van der Waals surface area (Å²) in [5.41, 5.74) is 8.21. The third-order valence-corrected chi connectivity index (χ3v) is 5.32. The van der Waals surface area contributed by atoms with Gasteiger partial charge in [-0.2, -0.15) is 0 Å². The number of rotatable bonds is 4. The number of hydrogen-bond donors (Lipinski definition) is 1. The van der Waals surface area contributed by atoms with Gasteiger partial charge in [0.1, 0.15) is 5.52 Å². The molecule has 1 aliphatic rings. The molecule has 1 aliphatic heterocycles. The van der Waals surface area contributed by atoms with Crippen LogP contribution in [-0.2, 0) is 11.2 Å². The highest BCUT2D eigenvalue weighted by Gasteiger charge is 2.27. The van der Waals surface area contributed by atoms with E-state index in [1.165, 1.54) is 11.3 Å². The number of fused-ring (bicyclic) bond motifs is 1. The first-order chi connectivity index (χ1) is 12.2. The van der Waals surface area contributed by atoms with Gasteiger partial charge in [-0.05, 0) is 31.4 Å². The Kier molecular flexibility index (Phi) is 4.40. The summed E-state index contributed by atoms with van der Waals surface area (Å²) in [6.07, 6.45) is 3.07. The molecule has 1 saturated heterocycles. The fourth-order valence-corrected chi connectivity index (χ4v) is 3.90. The molecule has 0 spiro atoms. The predicted molar refractivity (Wildman–Crippen MR) is 97.4 cm³/mol. The Morgan fingerprint density at radius 1 is 1.36 bits per heavy atom. The zero-order valence-electron chi connectivity index (χ0n) is 13.9. The van der Waals surface area contributed by atoms with Crippen molar-refractivity contribution >= 4 is 33.5 Å². The van der Waals surface area contributed by atoms with Gasteiger partial charge < -0.3 is 15.1 Å². The number of piperidine rings is 1. The molecular formula is C18H20N4O2S. The third-order valence-electron chi connectivity index (χ3n) is 4.60. The van der Waals surface area contributed by atoms with Crippen molar-refractivity contribution in [2.45, 2.75) is 31.6 Å². The molecule has 2 aromatic heterocycles. The molecule has 3 aromatic rings. The van der Waals surface area contributed by atoms with E-state index >= 15 is 0 Å². The fourth-order valence-electron chi connectivity index (χ4n) is 3.30. The number of hydrogen-bond acceptors (Lipinski definition) is 6. The molecule has 1 fully saturated rings. The smallest absolute Gasteiger partial charge is 0.222 e. The molecule has 130 valence electrons. The molecule has 1 amide bonds. The van der Waals surface area contributed by atoms with Crippen LogP contribution in [0.2, 0.25) is 0 Å². The van der Waals surface area contributed by atoms with Crippen LogP contribution in [0.15, 0.2) is 34.1 Å². The molecule has 0 saturated carbocycles. The van der Waals surface area contributed by atoms with E-state index in [4.69, 9.17) is 10.2 Å². The number of oxazole rings is 1. The second-order valence-corrected chi connectivity index (χ2v) is 7.27. The minimum Gasteiger partial charge on any atom is -0.440 e. The normalized spacial score (nSPS) is 17.9.